The summed E-state index contributed by atoms with van der Waals surface area (Å²) in [6.45, 7) is 0.164. The van der Waals surface area contributed by atoms with E-state index in [9.17, 15) is 4.39 Å². The summed E-state index contributed by atoms with van der Waals surface area (Å²) in [5.41, 5.74) is 0.438. The Hall–Kier alpha value is -0.680. The second-order valence-electron chi connectivity index (χ2n) is 3.20. The fraction of sp³-hybridized carbons (Fsp3) is 0.400. The Balaban J connectivity index is 2.46. The van der Waals surface area contributed by atoms with Gasteiger partial charge in [-0.3, -0.25) is 0 Å². The van der Waals surface area contributed by atoms with Crippen LogP contribution in [0.3, 0.4) is 0 Å². The van der Waals surface area contributed by atoms with E-state index >= 15 is 0 Å². The molecule has 0 aromatic heterocycles. The molecule has 0 bridgehead atoms. The lowest BCUT2D eigenvalue weighted by Crippen LogP contribution is -2.29. The van der Waals surface area contributed by atoms with Crippen LogP contribution < -0.4 is 5.32 Å². The molecular formula is C10H13ClFNO2. The molecule has 1 rings (SSSR count). The normalized spacial score (nSPS) is 12.8. The summed E-state index contributed by atoms with van der Waals surface area (Å²) in [6, 6.07) is 4.29. The molecule has 15 heavy (non-hydrogen) atoms. The van der Waals surface area contributed by atoms with E-state index in [2.05, 4.69) is 5.32 Å². The maximum atomic E-state index is 13.2. The Labute approximate surface area is 92.5 Å². The standard InChI is InChI=1S/C10H13ClFNO2/c11-8-1-2-10(12)7(3-8)4-13-5-9(15)6-14/h1-3,9,13-15H,4-6H2/t9-/m1/s1. The first-order valence-corrected chi connectivity index (χ1v) is 4.95. The maximum Gasteiger partial charge on any atom is 0.127 e. The smallest absolute Gasteiger partial charge is 0.127 e. The van der Waals surface area contributed by atoms with Gasteiger partial charge in [-0.1, -0.05) is 11.6 Å². The highest BCUT2D eigenvalue weighted by atomic mass is 35.5. The van der Waals surface area contributed by atoms with Gasteiger partial charge >= 0.3 is 0 Å². The Morgan fingerprint density at radius 2 is 2.20 bits per heavy atom. The zero-order valence-corrected chi connectivity index (χ0v) is 8.84. The molecule has 0 unspecified atom stereocenters. The molecular weight excluding hydrogens is 221 g/mol. The van der Waals surface area contributed by atoms with Crippen LogP contribution in [0.15, 0.2) is 18.2 Å². The third-order valence-electron chi connectivity index (χ3n) is 1.91. The van der Waals surface area contributed by atoms with E-state index < -0.39 is 6.10 Å². The largest absolute Gasteiger partial charge is 0.394 e. The zero-order valence-electron chi connectivity index (χ0n) is 8.08. The molecule has 3 nitrogen and oxygen atoms in total. The molecule has 0 spiro atoms. The lowest BCUT2D eigenvalue weighted by Gasteiger charge is -2.09. The van der Waals surface area contributed by atoms with E-state index in [0.717, 1.165) is 0 Å². The highest BCUT2D eigenvalue weighted by Gasteiger charge is 2.04. The van der Waals surface area contributed by atoms with Gasteiger partial charge in [0.05, 0.1) is 12.7 Å². The van der Waals surface area contributed by atoms with Crippen LogP contribution in [-0.4, -0.2) is 29.5 Å². The average molecular weight is 234 g/mol. The van der Waals surface area contributed by atoms with Gasteiger partial charge in [0.25, 0.3) is 0 Å². The molecule has 0 heterocycles. The number of aliphatic hydroxyl groups is 2. The molecule has 1 aromatic carbocycles. The van der Waals surface area contributed by atoms with Gasteiger partial charge in [-0.15, -0.1) is 0 Å². The van der Waals surface area contributed by atoms with Gasteiger partial charge in [0.2, 0.25) is 0 Å². The lowest BCUT2D eigenvalue weighted by molar-refractivity contribution is 0.0941. The van der Waals surface area contributed by atoms with Crippen LogP contribution in [0.25, 0.3) is 0 Å². The topological polar surface area (TPSA) is 52.5 Å². The molecule has 0 radical (unpaired) electrons. The molecule has 84 valence electrons. The first kappa shape index (κ1) is 12.4. The predicted molar refractivity (Wildman–Crippen MR) is 56.2 cm³/mol. The van der Waals surface area contributed by atoms with E-state index in [1.807, 2.05) is 0 Å². The summed E-state index contributed by atoms with van der Waals surface area (Å²) in [4.78, 5) is 0. The molecule has 5 heteroatoms. The fourth-order valence-corrected chi connectivity index (χ4v) is 1.31. The number of aliphatic hydroxyl groups excluding tert-OH is 2. The van der Waals surface area contributed by atoms with Crippen molar-refractivity contribution in [1.82, 2.24) is 5.32 Å². The van der Waals surface area contributed by atoms with Crippen LogP contribution >= 0.6 is 11.6 Å². The Morgan fingerprint density at radius 3 is 2.87 bits per heavy atom. The Bertz CT molecular complexity index is 322. The number of hydrogen-bond acceptors (Lipinski definition) is 3. The van der Waals surface area contributed by atoms with E-state index in [0.29, 0.717) is 10.6 Å². The van der Waals surface area contributed by atoms with Crippen molar-refractivity contribution in [3.8, 4) is 0 Å². The van der Waals surface area contributed by atoms with Gasteiger partial charge < -0.3 is 15.5 Å². The summed E-state index contributed by atoms with van der Waals surface area (Å²) < 4.78 is 13.2. The molecule has 0 aliphatic carbocycles. The van der Waals surface area contributed by atoms with Crippen molar-refractivity contribution >= 4 is 11.6 Å². The Morgan fingerprint density at radius 1 is 1.47 bits per heavy atom. The highest BCUT2D eigenvalue weighted by molar-refractivity contribution is 6.30. The number of rotatable bonds is 5. The maximum absolute atomic E-state index is 13.2. The fourth-order valence-electron chi connectivity index (χ4n) is 1.12. The van der Waals surface area contributed by atoms with Crippen molar-refractivity contribution in [3.05, 3.63) is 34.6 Å². The molecule has 0 amide bonds. The van der Waals surface area contributed by atoms with Gasteiger partial charge in [0.15, 0.2) is 0 Å². The summed E-state index contributed by atoms with van der Waals surface area (Å²) in [5.74, 6) is -0.342. The minimum absolute atomic E-state index is 0.211. The van der Waals surface area contributed by atoms with E-state index in [1.165, 1.54) is 18.2 Å². The van der Waals surface area contributed by atoms with Crippen LogP contribution in [0.5, 0.6) is 0 Å². The van der Waals surface area contributed by atoms with Gasteiger partial charge in [-0.2, -0.15) is 0 Å². The first-order valence-electron chi connectivity index (χ1n) is 4.57. The first-order chi connectivity index (χ1) is 7.13. The third kappa shape index (κ3) is 4.13. The van der Waals surface area contributed by atoms with Crippen LogP contribution in [0.1, 0.15) is 5.56 Å². The molecule has 0 aliphatic rings. The SMILES string of the molecule is OC[C@H](O)CNCc1cc(Cl)ccc1F. The van der Waals surface area contributed by atoms with Crippen LogP contribution in [0.2, 0.25) is 5.02 Å². The van der Waals surface area contributed by atoms with Gasteiger partial charge in [0, 0.05) is 23.7 Å². The molecule has 0 fully saturated rings. The number of benzene rings is 1. The summed E-state index contributed by atoms with van der Waals surface area (Å²) in [5, 5.41) is 20.9. The lowest BCUT2D eigenvalue weighted by atomic mass is 10.2. The molecule has 0 aliphatic heterocycles. The molecule has 0 saturated heterocycles. The predicted octanol–water partition coefficient (Wildman–Crippen LogP) is 0.922. The van der Waals surface area contributed by atoms with Crippen molar-refractivity contribution < 1.29 is 14.6 Å². The minimum atomic E-state index is -0.827. The minimum Gasteiger partial charge on any atom is -0.394 e. The van der Waals surface area contributed by atoms with Crippen molar-refractivity contribution in [2.24, 2.45) is 0 Å². The highest BCUT2D eigenvalue weighted by Crippen LogP contribution is 2.14. The Kier molecular flexibility index (Phi) is 4.98. The number of hydrogen-bond donors (Lipinski definition) is 3. The van der Waals surface area contributed by atoms with Crippen LogP contribution in [0.4, 0.5) is 4.39 Å². The van der Waals surface area contributed by atoms with Crippen molar-refractivity contribution in [1.29, 1.82) is 0 Å². The van der Waals surface area contributed by atoms with Gasteiger partial charge in [0.1, 0.15) is 5.82 Å². The second kappa shape index (κ2) is 6.02. The van der Waals surface area contributed by atoms with Crippen LogP contribution in [0, 0.1) is 5.82 Å². The second-order valence-corrected chi connectivity index (χ2v) is 3.64. The average Bonchev–Trinajstić information content (AvgIpc) is 2.23. The van der Waals surface area contributed by atoms with Crippen molar-refractivity contribution in [2.45, 2.75) is 12.6 Å². The van der Waals surface area contributed by atoms with Crippen molar-refractivity contribution in [2.75, 3.05) is 13.2 Å². The quantitative estimate of drug-likeness (QED) is 0.709. The molecule has 1 atom stereocenters. The van der Waals surface area contributed by atoms with E-state index in [4.69, 9.17) is 21.8 Å². The summed E-state index contributed by atoms with van der Waals surface area (Å²) in [6.07, 6.45) is -0.827. The summed E-state index contributed by atoms with van der Waals surface area (Å²) in [7, 11) is 0. The number of nitrogens with one attached hydrogen (secondary N) is 1. The third-order valence-corrected chi connectivity index (χ3v) is 2.15. The van der Waals surface area contributed by atoms with Crippen molar-refractivity contribution in [3.63, 3.8) is 0 Å². The van der Waals surface area contributed by atoms with Crippen LogP contribution in [-0.2, 0) is 6.54 Å². The molecule has 0 saturated carbocycles. The molecule has 3 N–H and O–H groups in total. The van der Waals surface area contributed by atoms with Gasteiger partial charge in [-0.25, -0.2) is 4.39 Å². The monoisotopic (exact) mass is 233 g/mol. The number of halogens is 2. The van der Waals surface area contributed by atoms with E-state index in [-0.39, 0.29) is 25.5 Å². The van der Waals surface area contributed by atoms with E-state index in [1.54, 1.807) is 0 Å². The zero-order chi connectivity index (χ0) is 11.3. The van der Waals surface area contributed by atoms with Gasteiger partial charge in [-0.05, 0) is 18.2 Å². The molecule has 1 aromatic rings. The summed E-state index contributed by atoms with van der Waals surface area (Å²) >= 11 is 5.70.